The van der Waals surface area contributed by atoms with Gasteiger partial charge in [-0.3, -0.25) is 0 Å². The Hall–Kier alpha value is -1.15. The Labute approximate surface area is 88.7 Å². The third-order valence-corrected chi connectivity index (χ3v) is 2.94. The lowest BCUT2D eigenvalue weighted by Crippen LogP contribution is -2.17. The molecule has 0 N–H and O–H groups in total. The van der Waals surface area contributed by atoms with Crippen molar-refractivity contribution in [1.82, 2.24) is 4.90 Å². The summed E-state index contributed by atoms with van der Waals surface area (Å²) in [6.45, 7) is 0. The second-order valence-electron chi connectivity index (χ2n) is 3.31. The average Bonchev–Trinajstić information content (AvgIpc) is 2.23. The van der Waals surface area contributed by atoms with Gasteiger partial charge in [0, 0.05) is 13.2 Å². The molecule has 0 amide bonds. The molecule has 1 aliphatic rings. The topological polar surface area (TPSA) is 12.5 Å². The third-order valence-electron chi connectivity index (χ3n) is 2.40. The van der Waals surface area contributed by atoms with Gasteiger partial charge in [0.05, 0.1) is 7.11 Å². The molecular weight excluding hydrogens is 198 g/mol. The molecule has 0 saturated carbocycles. The van der Waals surface area contributed by atoms with Crippen molar-refractivity contribution in [3.63, 3.8) is 0 Å². The summed E-state index contributed by atoms with van der Waals surface area (Å²) in [6, 6.07) is 5.93. The van der Waals surface area contributed by atoms with Crippen LogP contribution in [0, 0.1) is 0 Å². The number of hydrogen-bond donors (Lipinski definition) is 0. The lowest BCUT2D eigenvalue weighted by molar-refractivity contribution is 0.410. The molecule has 0 fully saturated rings. The van der Waals surface area contributed by atoms with E-state index < -0.39 is 0 Å². The van der Waals surface area contributed by atoms with Gasteiger partial charge in [0.15, 0.2) is 0 Å². The van der Waals surface area contributed by atoms with Crippen LogP contribution >= 0.6 is 11.6 Å². The quantitative estimate of drug-likeness (QED) is 0.521. The SMILES string of the molecule is COc1ccc2c(c1)C=CN(C)C2Cl. The molecule has 1 heterocycles. The highest BCUT2D eigenvalue weighted by molar-refractivity contribution is 6.21. The number of nitrogens with zero attached hydrogens (tertiary/aromatic N) is 1. The summed E-state index contributed by atoms with van der Waals surface area (Å²) in [6.07, 6.45) is 4.01. The third kappa shape index (κ3) is 1.46. The van der Waals surface area contributed by atoms with E-state index in [1.165, 1.54) is 0 Å². The predicted octanol–water partition coefficient (Wildman–Crippen LogP) is 2.85. The van der Waals surface area contributed by atoms with E-state index in [0.29, 0.717) is 0 Å². The van der Waals surface area contributed by atoms with Gasteiger partial charge < -0.3 is 9.64 Å². The van der Waals surface area contributed by atoms with E-state index in [1.54, 1.807) is 7.11 Å². The average molecular weight is 210 g/mol. The van der Waals surface area contributed by atoms with Crippen LogP contribution in [-0.2, 0) is 0 Å². The summed E-state index contributed by atoms with van der Waals surface area (Å²) in [5.74, 6) is 0.863. The van der Waals surface area contributed by atoms with E-state index in [1.807, 2.05) is 42.4 Å². The van der Waals surface area contributed by atoms with Crippen molar-refractivity contribution in [2.75, 3.05) is 14.2 Å². The zero-order valence-electron chi connectivity index (χ0n) is 8.20. The van der Waals surface area contributed by atoms with Crippen molar-refractivity contribution in [1.29, 1.82) is 0 Å². The molecule has 0 saturated heterocycles. The Bertz CT molecular complexity index is 376. The van der Waals surface area contributed by atoms with Crippen LogP contribution in [0.15, 0.2) is 24.4 Å². The van der Waals surface area contributed by atoms with Gasteiger partial charge in [-0.15, -0.1) is 0 Å². The van der Waals surface area contributed by atoms with E-state index in [-0.39, 0.29) is 5.50 Å². The van der Waals surface area contributed by atoms with Crippen LogP contribution in [0.1, 0.15) is 16.6 Å². The largest absolute Gasteiger partial charge is 0.497 e. The summed E-state index contributed by atoms with van der Waals surface area (Å²) in [5.41, 5.74) is 2.17. The summed E-state index contributed by atoms with van der Waals surface area (Å²) in [7, 11) is 3.62. The van der Waals surface area contributed by atoms with Gasteiger partial charge in [0.2, 0.25) is 0 Å². The van der Waals surface area contributed by atoms with Crippen molar-refractivity contribution in [2.45, 2.75) is 5.50 Å². The van der Waals surface area contributed by atoms with Crippen molar-refractivity contribution >= 4 is 17.7 Å². The van der Waals surface area contributed by atoms with Gasteiger partial charge >= 0.3 is 0 Å². The number of fused-ring (bicyclic) bond motifs is 1. The highest BCUT2D eigenvalue weighted by Crippen LogP contribution is 2.33. The van der Waals surface area contributed by atoms with Gasteiger partial charge in [-0.05, 0) is 29.3 Å². The van der Waals surface area contributed by atoms with Crippen LogP contribution in [0.4, 0.5) is 0 Å². The number of hydrogen-bond acceptors (Lipinski definition) is 2. The molecule has 0 aliphatic carbocycles. The van der Waals surface area contributed by atoms with Crippen LogP contribution in [0.2, 0.25) is 0 Å². The first-order valence-corrected chi connectivity index (χ1v) is 4.88. The molecule has 1 atom stereocenters. The fourth-order valence-corrected chi connectivity index (χ4v) is 1.80. The van der Waals surface area contributed by atoms with E-state index in [2.05, 4.69) is 0 Å². The maximum absolute atomic E-state index is 6.23. The summed E-state index contributed by atoms with van der Waals surface area (Å²) >= 11 is 6.23. The van der Waals surface area contributed by atoms with Crippen molar-refractivity contribution in [3.05, 3.63) is 35.5 Å². The van der Waals surface area contributed by atoms with E-state index >= 15 is 0 Å². The normalized spacial score (nSPS) is 19.4. The fourth-order valence-electron chi connectivity index (χ4n) is 1.53. The van der Waals surface area contributed by atoms with Crippen LogP contribution in [0.5, 0.6) is 5.75 Å². The molecule has 0 spiro atoms. The molecule has 0 aromatic heterocycles. The van der Waals surface area contributed by atoms with Crippen molar-refractivity contribution < 1.29 is 4.74 Å². The first-order valence-electron chi connectivity index (χ1n) is 4.44. The molecule has 74 valence electrons. The highest BCUT2D eigenvalue weighted by atomic mass is 35.5. The van der Waals surface area contributed by atoms with Gasteiger partial charge in [-0.25, -0.2) is 0 Å². The minimum Gasteiger partial charge on any atom is -0.497 e. The minimum atomic E-state index is -0.0825. The number of methoxy groups -OCH3 is 1. The van der Waals surface area contributed by atoms with Crippen LogP contribution in [-0.4, -0.2) is 19.1 Å². The zero-order valence-corrected chi connectivity index (χ0v) is 8.95. The number of benzene rings is 1. The van der Waals surface area contributed by atoms with E-state index in [0.717, 1.165) is 16.9 Å². The maximum atomic E-state index is 6.23. The summed E-state index contributed by atoms with van der Waals surface area (Å²) in [4.78, 5) is 1.97. The van der Waals surface area contributed by atoms with Gasteiger partial charge in [0.1, 0.15) is 11.3 Å². The Balaban J connectivity index is 2.46. The number of halogens is 1. The van der Waals surface area contributed by atoms with E-state index in [4.69, 9.17) is 16.3 Å². The molecular formula is C11H12ClNO. The number of alkyl halides is 1. The van der Waals surface area contributed by atoms with E-state index in [9.17, 15) is 0 Å². The number of ether oxygens (including phenoxy) is 1. The summed E-state index contributed by atoms with van der Waals surface area (Å²) < 4.78 is 5.15. The zero-order chi connectivity index (χ0) is 10.1. The fraction of sp³-hybridized carbons (Fsp3) is 0.273. The molecule has 0 bridgehead atoms. The van der Waals surface area contributed by atoms with Gasteiger partial charge in [-0.2, -0.15) is 0 Å². The van der Waals surface area contributed by atoms with Crippen molar-refractivity contribution in [2.24, 2.45) is 0 Å². The van der Waals surface area contributed by atoms with Gasteiger partial charge in [-0.1, -0.05) is 17.7 Å². The Morgan fingerprint density at radius 3 is 2.93 bits per heavy atom. The Morgan fingerprint density at radius 1 is 1.43 bits per heavy atom. The molecule has 1 aliphatic heterocycles. The molecule has 14 heavy (non-hydrogen) atoms. The molecule has 0 radical (unpaired) electrons. The lowest BCUT2D eigenvalue weighted by Gasteiger charge is -2.26. The van der Waals surface area contributed by atoms with Crippen LogP contribution < -0.4 is 4.74 Å². The first kappa shape index (κ1) is 9.41. The van der Waals surface area contributed by atoms with Crippen LogP contribution in [0.3, 0.4) is 0 Å². The van der Waals surface area contributed by atoms with Crippen molar-refractivity contribution in [3.8, 4) is 5.75 Å². The number of rotatable bonds is 1. The van der Waals surface area contributed by atoms with Gasteiger partial charge in [0.25, 0.3) is 0 Å². The maximum Gasteiger partial charge on any atom is 0.129 e. The second-order valence-corrected chi connectivity index (χ2v) is 3.73. The second kappa shape index (κ2) is 3.54. The Kier molecular flexibility index (Phi) is 2.38. The monoisotopic (exact) mass is 209 g/mol. The molecule has 3 heteroatoms. The molecule has 1 aromatic carbocycles. The van der Waals surface area contributed by atoms with Crippen LogP contribution in [0.25, 0.3) is 6.08 Å². The minimum absolute atomic E-state index is 0.0825. The molecule has 1 aromatic rings. The molecule has 1 unspecified atom stereocenters. The Morgan fingerprint density at radius 2 is 2.21 bits per heavy atom. The molecule has 2 nitrogen and oxygen atoms in total. The lowest BCUT2D eigenvalue weighted by atomic mass is 10.0. The standard InChI is InChI=1S/C11H12ClNO/c1-13-6-5-8-7-9(14-2)3-4-10(8)11(13)12/h3-7,11H,1-2H3. The molecule has 2 rings (SSSR count). The predicted molar refractivity (Wildman–Crippen MR) is 58.4 cm³/mol. The summed E-state index contributed by atoms with van der Waals surface area (Å²) in [5, 5.41) is 0. The smallest absolute Gasteiger partial charge is 0.129 e. The first-order chi connectivity index (χ1) is 6.72. The highest BCUT2D eigenvalue weighted by Gasteiger charge is 2.18.